The van der Waals surface area contributed by atoms with Gasteiger partial charge in [-0.2, -0.15) is 0 Å². The third kappa shape index (κ3) is 5.07. The largest absolute Gasteiger partial charge is 0.466 e. The summed E-state index contributed by atoms with van der Waals surface area (Å²) < 4.78 is 4.60. The highest BCUT2D eigenvalue weighted by Crippen LogP contribution is 1.90. The van der Waals surface area contributed by atoms with Crippen molar-refractivity contribution in [3.63, 3.8) is 0 Å². The summed E-state index contributed by atoms with van der Waals surface area (Å²) >= 11 is 0. The van der Waals surface area contributed by atoms with Gasteiger partial charge in [0.25, 0.3) is 0 Å². The Morgan fingerprint density at radius 2 is 2.44 bits per heavy atom. The van der Waals surface area contributed by atoms with Crippen molar-refractivity contribution in [1.29, 1.82) is 0 Å². The molecule has 0 spiro atoms. The number of carbonyl (C=O) groups excluding carboxylic acids is 1. The van der Waals surface area contributed by atoms with Crippen molar-refractivity contribution < 1.29 is 9.53 Å². The molecule has 0 aliphatic carbocycles. The second-order valence-electron chi connectivity index (χ2n) is 1.48. The van der Waals surface area contributed by atoms with Crippen molar-refractivity contribution in [2.45, 2.75) is 13.3 Å². The first-order valence-electron chi connectivity index (χ1n) is 2.92. The van der Waals surface area contributed by atoms with Gasteiger partial charge < -0.3 is 4.74 Å². The van der Waals surface area contributed by atoms with Gasteiger partial charge in [0.1, 0.15) is 0 Å². The second-order valence-corrected chi connectivity index (χ2v) is 1.48. The fourth-order valence-electron chi connectivity index (χ4n) is 0.381. The predicted molar refractivity (Wildman–Crippen MR) is 35.7 cm³/mol. The highest BCUT2D eigenvalue weighted by molar-refractivity contribution is 5.78. The SMILES string of the molecule is C=CC[CH]C(=O)OCC. The van der Waals surface area contributed by atoms with Crippen LogP contribution in [0.15, 0.2) is 12.7 Å². The third-order valence-electron chi connectivity index (χ3n) is 0.738. The van der Waals surface area contributed by atoms with Crippen molar-refractivity contribution in [3.05, 3.63) is 19.1 Å². The van der Waals surface area contributed by atoms with E-state index in [9.17, 15) is 4.79 Å². The smallest absolute Gasteiger partial charge is 0.310 e. The zero-order valence-electron chi connectivity index (χ0n) is 5.59. The molecule has 0 saturated heterocycles. The van der Waals surface area contributed by atoms with Crippen LogP contribution < -0.4 is 0 Å². The maximum Gasteiger partial charge on any atom is 0.310 e. The van der Waals surface area contributed by atoms with E-state index in [0.717, 1.165) is 0 Å². The van der Waals surface area contributed by atoms with Crippen LogP contribution in [0.3, 0.4) is 0 Å². The molecule has 1 radical (unpaired) electrons. The van der Waals surface area contributed by atoms with Crippen LogP contribution in [0.4, 0.5) is 0 Å². The van der Waals surface area contributed by atoms with Crippen molar-refractivity contribution >= 4 is 5.97 Å². The minimum absolute atomic E-state index is 0.266. The summed E-state index contributed by atoms with van der Waals surface area (Å²) in [5.74, 6) is -0.266. The van der Waals surface area contributed by atoms with Gasteiger partial charge in [-0.1, -0.05) is 6.08 Å². The molecule has 0 aliphatic rings. The van der Waals surface area contributed by atoms with Crippen LogP contribution in [0.2, 0.25) is 0 Å². The van der Waals surface area contributed by atoms with E-state index in [2.05, 4.69) is 11.3 Å². The summed E-state index contributed by atoms with van der Waals surface area (Å²) in [5.41, 5.74) is 0. The lowest BCUT2D eigenvalue weighted by molar-refractivity contribution is -0.139. The van der Waals surface area contributed by atoms with Gasteiger partial charge in [0, 0.05) is 0 Å². The van der Waals surface area contributed by atoms with E-state index in [-0.39, 0.29) is 5.97 Å². The number of hydrogen-bond donors (Lipinski definition) is 0. The van der Waals surface area contributed by atoms with Gasteiger partial charge in [0.2, 0.25) is 0 Å². The van der Waals surface area contributed by atoms with Gasteiger partial charge in [0.15, 0.2) is 0 Å². The molecule has 0 aromatic heterocycles. The van der Waals surface area contributed by atoms with Crippen LogP contribution >= 0.6 is 0 Å². The van der Waals surface area contributed by atoms with E-state index < -0.39 is 0 Å². The summed E-state index contributed by atoms with van der Waals surface area (Å²) in [4.78, 5) is 10.5. The lowest BCUT2D eigenvalue weighted by Gasteiger charge is -1.96. The van der Waals surface area contributed by atoms with Gasteiger partial charge in [-0.3, -0.25) is 4.79 Å². The Bertz CT molecular complexity index is 97.1. The summed E-state index contributed by atoms with van der Waals surface area (Å²) in [6.07, 6.45) is 3.69. The molecule has 0 bridgehead atoms. The molecule has 0 saturated carbocycles. The molecule has 0 heterocycles. The van der Waals surface area contributed by atoms with Crippen LogP contribution in [0.25, 0.3) is 0 Å². The lowest BCUT2D eigenvalue weighted by Crippen LogP contribution is -2.03. The second kappa shape index (κ2) is 5.35. The molecule has 9 heavy (non-hydrogen) atoms. The Kier molecular flexibility index (Phi) is 4.88. The molecular formula is C7H11O2. The van der Waals surface area contributed by atoms with Gasteiger partial charge in [-0.15, -0.1) is 6.58 Å². The fourth-order valence-corrected chi connectivity index (χ4v) is 0.381. The monoisotopic (exact) mass is 127 g/mol. The van der Waals surface area contributed by atoms with E-state index in [1.807, 2.05) is 0 Å². The first-order chi connectivity index (χ1) is 4.31. The Morgan fingerprint density at radius 3 is 2.89 bits per heavy atom. The average molecular weight is 127 g/mol. The molecule has 0 aromatic rings. The number of allylic oxidation sites excluding steroid dienone is 1. The molecule has 0 N–H and O–H groups in total. The van der Waals surface area contributed by atoms with Gasteiger partial charge in [-0.05, 0) is 13.3 Å². The number of esters is 1. The summed E-state index contributed by atoms with van der Waals surface area (Å²) in [7, 11) is 0. The third-order valence-corrected chi connectivity index (χ3v) is 0.738. The molecule has 0 aromatic carbocycles. The number of carbonyl (C=O) groups is 1. The Labute approximate surface area is 55.5 Å². The maximum atomic E-state index is 10.5. The molecule has 0 rings (SSSR count). The number of rotatable bonds is 4. The van der Waals surface area contributed by atoms with Crippen molar-refractivity contribution in [1.82, 2.24) is 0 Å². The molecule has 0 aliphatic heterocycles. The lowest BCUT2D eigenvalue weighted by atomic mass is 10.3. The van der Waals surface area contributed by atoms with Gasteiger partial charge in [0.05, 0.1) is 13.0 Å². The van der Waals surface area contributed by atoms with Gasteiger partial charge in [-0.25, -0.2) is 0 Å². The summed E-state index contributed by atoms with van der Waals surface area (Å²) in [6, 6.07) is 0. The normalized spacial score (nSPS) is 8.56. The first kappa shape index (κ1) is 8.21. The summed E-state index contributed by atoms with van der Waals surface area (Å²) in [5, 5.41) is 0. The Hall–Kier alpha value is -0.790. The predicted octanol–water partition coefficient (Wildman–Crippen LogP) is 1.33. The van der Waals surface area contributed by atoms with Crippen molar-refractivity contribution in [2.24, 2.45) is 0 Å². The van der Waals surface area contributed by atoms with E-state index in [0.29, 0.717) is 13.0 Å². The fraction of sp³-hybridized carbons (Fsp3) is 0.429. The van der Waals surface area contributed by atoms with Crippen LogP contribution in [-0.4, -0.2) is 12.6 Å². The Morgan fingerprint density at radius 1 is 1.78 bits per heavy atom. The van der Waals surface area contributed by atoms with Crippen LogP contribution in [0.1, 0.15) is 13.3 Å². The van der Waals surface area contributed by atoms with Crippen LogP contribution in [0, 0.1) is 6.42 Å². The molecule has 2 nitrogen and oxygen atoms in total. The molecular weight excluding hydrogens is 116 g/mol. The first-order valence-corrected chi connectivity index (χ1v) is 2.92. The minimum atomic E-state index is -0.266. The molecule has 2 heteroatoms. The highest BCUT2D eigenvalue weighted by Gasteiger charge is 1.97. The van der Waals surface area contributed by atoms with Gasteiger partial charge >= 0.3 is 5.97 Å². The van der Waals surface area contributed by atoms with E-state index in [4.69, 9.17) is 0 Å². The van der Waals surface area contributed by atoms with Crippen LogP contribution in [0.5, 0.6) is 0 Å². The zero-order chi connectivity index (χ0) is 7.11. The molecule has 0 amide bonds. The summed E-state index contributed by atoms with van der Waals surface area (Å²) in [6.45, 7) is 5.67. The highest BCUT2D eigenvalue weighted by atomic mass is 16.5. The minimum Gasteiger partial charge on any atom is -0.466 e. The van der Waals surface area contributed by atoms with E-state index in [1.54, 1.807) is 13.0 Å². The molecule has 51 valence electrons. The zero-order valence-corrected chi connectivity index (χ0v) is 5.59. The van der Waals surface area contributed by atoms with E-state index >= 15 is 0 Å². The number of hydrogen-bond acceptors (Lipinski definition) is 2. The van der Waals surface area contributed by atoms with Crippen molar-refractivity contribution in [3.8, 4) is 0 Å². The molecule has 0 fully saturated rings. The van der Waals surface area contributed by atoms with Crippen molar-refractivity contribution in [2.75, 3.05) is 6.61 Å². The average Bonchev–Trinajstić information content (AvgIpc) is 1.85. The van der Waals surface area contributed by atoms with E-state index in [1.165, 1.54) is 6.42 Å². The molecule has 0 atom stereocenters. The number of ether oxygens (including phenoxy) is 1. The quantitative estimate of drug-likeness (QED) is 0.420. The van der Waals surface area contributed by atoms with Crippen LogP contribution in [-0.2, 0) is 9.53 Å². The maximum absolute atomic E-state index is 10.5. The standard InChI is InChI=1S/C7H11O2/c1-3-5-6-7(8)9-4-2/h3,6H,1,4-5H2,2H3. The molecule has 0 unspecified atom stereocenters. The topological polar surface area (TPSA) is 26.3 Å². The Balaban J connectivity index is 3.16.